The summed E-state index contributed by atoms with van der Waals surface area (Å²) in [6.45, 7) is 5.71. The molecule has 1 aliphatic rings. The van der Waals surface area contributed by atoms with Gasteiger partial charge in [0.2, 0.25) is 11.8 Å². The second-order valence-corrected chi connectivity index (χ2v) is 6.20. The number of nitrogens with two attached hydrogens (primary N) is 1. The summed E-state index contributed by atoms with van der Waals surface area (Å²) in [5.74, 6) is -0.546. The lowest BCUT2D eigenvalue weighted by Crippen LogP contribution is -2.66. The van der Waals surface area contributed by atoms with E-state index < -0.39 is 5.54 Å². The van der Waals surface area contributed by atoms with Gasteiger partial charge in [-0.1, -0.05) is 0 Å². The van der Waals surface area contributed by atoms with E-state index in [0.29, 0.717) is 0 Å². The van der Waals surface area contributed by atoms with Crippen LogP contribution in [-0.4, -0.2) is 34.8 Å². The fourth-order valence-corrected chi connectivity index (χ4v) is 3.15. The highest BCUT2D eigenvalue weighted by atomic mass is 32.1. The molecular weight excluding hydrogens is 262 g/mol. The van der Waals surface area contributed by atoms with Crippen molar-refractivity contribution in [3.63, 3.8) is 0 Å². The van der Waals surface area contributed by atoms with Gasteiger partial charge >= 0.3 is 0 Å². The summed E-state index contributed by atoms with van der Waals surface area (Å²) in [6, 6.07) is 1.68. The molecule has 5 nitrogen and oxygen atoms in total. The van der Waals surface area contributed by atoms with Gasteiger partial charge in [-0.2, -0.15) is 11.3 Å². The number of imide groups is 1. The maximum absolute atomic E-state index is 12.0. The summed E-state index contributed by atoms with van der Waals surface area (Å²) in [5.41, 5.74) is 6.39. The molecule has 2 atom stereocenters. The zero-order chi connectivity index (χ0) is 14.2. The Labute approximate surface area is 116 Å². The summed E-state index contributed by atoms with van der Waals surface area (Å²) in [5, 5.41) is 6.37. The SMILES string of the molecule is CC(N)C(c1ccsc1)N1CC(=O)NC(=O)C1(C)C. The molecule has 0 aromatic carbocycles. The van der Waals surface area contributed by atoms with Crippen LogP contribution < -0.4 is 11.1 Å². The number of rotatable bonds is 3. The maximum atomic E-state index is 12.0. The van der Waals surface area contributed by atoms with Gasteiger partial charge in [-0.05, 0) is 43.2 Å². The molecule has 1 fully saturated rings. The van der Waals surface area contributed by atoms with Crippen LogP contribution >= 0.6 is 11.3 Å². The lowest BCUT2D eigenvalue weighted by atomic mass is 9.91. The van der Waals surface area contributed by atoms with Gasteiger partial charge in [-0.3, -0.25) is 19.8 Å². The summed E-state index contributed by atoms with van der Waals surface area (Å²) in [4.78, 5) is 25.6. The third-order valence-corrected chi connectivity index (χ3v) is 4.26. The molecular formula is C13H19N3O2S. The molecule has 1 aliphatic heterocycles. The van der Waals surface area contributed by atoms with Crippen molar-refractivity contribution in [1.82, 2.24) is 10.2 Å². The highest BCUT2D eigenvalue weighted by molar-refractivity contribution is 7.07. The van der Waals surface area contributed by atoms with E-state index >= 15 is 0 Å². The van der Waals surface area contributed by atoms with Crippen molar-refractivity contribution in [1.29, 1.82) is 0 Å². The number of hydrogen-bond donors (Lipinski definition) is 2. The Bertz CT molecular complexity index is 482. The van der Waals surface area contributed by atoms with Crippen LogP contribution in [0.4, 0.5) is 0 Å². The van der Waals surface area contributed by atoms with Gasteiger partial charge in [-0.15, -0.1) is 0 Å². The van der Waals surface area contributed by atoms with Gasteiger partial charge in [0.15, 0.2) is 0 Å². The largest absolute Gasteiger partial charge is 0.326 e. The number of thiophene rings is 1. The molecule has 0 spiro atoms. The second kappa shape index (κ2) is 5.03. The predicted octanol–water partition coefficient (Wildman–Crippen LogP) is 0.873. The highest BCUT2D eigenvalue weighted by Crippen LogP contribution is 2.33. The molecule has 2 unspecified atom stereocenters. The van der Waals surface area contributed by atoms with Crippen molar-refractivity contribution in [2.75, 3.05) is 6.54 Å². The van der Waals surface area contributed by atoms with E-state index in [0.717, 1.165) is 5.56 Å². The predicted molar refractivity (Wildman–Crippen MR) is 74.6 cm³/mol. The van der Waals surface area contributed by atoms with E-state index in [2.05, 4.69) is 5.32 Å². The van der Waals surface area contributed by atoms with Crippen molar-refractivity contribution in [3.8, 4) is 0 Å². The first-order valence-corrected chi connectivity index (χ1v) is 7.17. The zero-order valence-electron chi connectivity index (χ0n) is 11.3. The number of hydrogen-bond acceptors (Lipinski definition) is 5. The minimum Gasteiger partial charge on any atom is -0.326 e. The Kier molecular flexibility index (Phi) is 3.75. The normalized spacial score (nSPS) is 22.9. The Morgan fingerprint density at radius 2 is 2.16 bits per heavy atom. The van der Waals surface area contributed by atoms with Crippen LogP contribution in [0.1, 0.15) is 32.4 Å². The average molecular weight is 281 g/mol. The fraction of sp³-hybridized carbons (Fsp3) is 0.538. The Morgan fingerprint density at radius 1 is 1.47 bits per heavy atom. The van der Waals surface area contributed by atoms with Crippen molar-refractivity contribution < 1.29 is 9.59 Å². The topological polar surface area (TPSA) is 75.4 Å². The van der Waals surface area contributed by atoms with Crippen LogP contribution in [0, 0.1) is 0 Å². The molecule has 6 heteroatoms. The Hall–Kier alpha value is -1.24. The molecule has 2 amide bonds. The molecule has 2 heterocycles. The van der Waals surface area contributed by atoms with Crippen LogP contribution in [0.25, 0.3) is 0 Å². The summed E-state index contributed by atoms with van der Waals surface area (Å²) in [6.07, 6.45) is 0. The molecule has 1 saturated heterocycles. The van der Waals surface area contributed by atoms with E-state index in [-0.39, 0.29) is 30.4 Å². The van der Waals surface area contributed by atoms with Gasteiger partial charge in [0.1, 0.15) is 0 Å². The third kappa shape index (κ3) is 2.56. The molecule has 1 aromatic rings. The van der Waals surface area contributed by atoms with Crippen molar-refractivity contribution >= 4 is 23.2 Å². The third-order valence-electron chi connectivity index (χ3n) is 3.56. The van der Waals surface area contributed by atoms with E-state index in [9.17, 15) is 9.59 Å². The minimum absolute atomic E-state index is 0.142. The van der Waals surface area contributed by atoms with Crippen LogP contribution in [0.15, 0.2) is 16.8 Å². The molecule has 0 radical (unpaired) electrons. The van der Waals surface area contributed by atoms with Gasteiger partial charge < -0.3 is 5.73 Å². The minimum atomic E-state index is -0.756. The first kappa shape index (κ1) is 14.2. The molecule has 0 bridgehead atoms. The first-order valence-electron chi connectivity index (χ1n) is 6.22. The van der Waals surface area contributed by atoms with Crippen molar-refractivity contribution in [3.05, 3.63) is 22.4 Å². The number of piperazine rings is 1. The summed E-state index contributed by atoms with van der Waals surface area (Å²) in [7, 11) is 0. The number of nitrogens with zero attached hydrogens (tertiary/aromatic N) is 1. The van der Waals surface area contributed by atoms with Crippen LogP contribution in [0.3, 0.4) is 0 Å². The number of nitrogens with one attached hydrogen (secondary N) is 1. The monoisotopic (exact) mass is 281 g/mol. The Morgan fingerprint density at radius 3 is 2.68 bits per heavy atom. The quantitative estimate of drug-likeness (QED) is 0.806. The molecule has 1 aromatic heterocycles. The molecule has 0 aliphatic carbocycles. The average Bonchev–Trinajstić information content (AvgIpc) is 2.79. The van der Waals surface area contributed by atoms with Crippen LogP contribution in [0.2, 0.25) is 0 Å². The second-order valence-electron chi connectivity index (χ2n) is 5.42. The lowest BCUT2D eigenvalue weighted by Gasteiger charge is -2.46. The van der Waals surface area contributed by atoms with Gasteiger partial charge in [0.05, 0.1) is 18.1 Å². The zero-order valence-corrected chi connectivity index (χ0v) is 12.2. The highest BCUT2D eigenvalue weighted by Gasteiger charge is 2.45. The number of carbonyl (C=O) groups excluding carboxylic acids is 2. The standard InChI is InChI=1S/C13H19N3O2S/c1-8(14)11(9-4-5-19-7-9)16-6-10(17)15-12(18)13(16,2)3/h4-5,7-8,11H,6,14H2,1-3H3,(H,15,17,18). The molecule has 19 heavy (non-hydrogen) atoms. The first-order chi connectivity index (χ1) is 8.84. The molecule has 104 valence electrons. The van der Waals surface area contributed by atoms with Crippen molar-refractivity contribution in [2.24, 2.45) is 5.73 Å². The lowest BCUT2D eigenvalue weighted by molar-refractivity contribution is -0.147. The van der Waals surface area contributed by atoms with E-state index in [1.807, 2.05) is 42.5 Å². The molecule has 2 rings (SSSR count). The number of carbonyl (C=O) groups is 2. The van der Waals surface area contributed by atoms with Gasteiger partial charge in [0, 0.05) is 6.04 Å². The van der Waals surface area contributed by atoms with Crippen LogP contribution in [0.5, 0.6) is 0 Å². The summed E-state index contributed by atoms with van der Waals surface area (Å²) < 4.78 is 0. The summed E-state index contributed by atoms with van der Waals surface area (Å²) >= 11 is 1.58. The van der Waals surface area contributed by atoms with Gasteiger partial charge in [-0.25, -0.2) is 0 Å². The molecule has 0 saturated carbocycles. The van der Waals surface area contributed by atoms with E-state index in [4.69, 9.17) is 5.73 Å². The molecule has 3 N–H and O–H groups in total. The fourth-order valence-electron chi connectivity index (χ4n) is 2.46. The van der Waals surface area contributed by atoms with Gasteiger partial charge in [0.25, 0.3) is 0 Å². The Balaban J connectivity index is 2.40. The maximum Gasteiger partial charge on any atom is 0.246 e. The van der Waals surface area contributed by atoms with Crippen molar-refractivity contribution in [2.45, 2.75) is 38.4 Å². The van der Waals surface area contributed by atoms with E-state index in [1.54, 1.807) is 11.3 Å². The van der Waals surface area contributed by atoms with Crippen LogP contribution in [-0.2, 0) is 9.59 Å². The van der Waals surface area contributed by atoms with E-state index in [1.165, 1.54) is 0 Å². The smallest absolute Gasteiger partial charge is 0.246 e. The number of amides is 2.